The maximum atomic E-state index is 16.8. The van der Waals surface area contributed by atoms with E-state index in [4.69, 9.17) is 33.0 Å². The quantitative estimate of drug-likeness (QED) is 0.198. The first-order valence-corrected chi connectivity index (χ1v) is 20.0. The van der Waals surface area contributed by atoms with Gasteiger partial charge in [-0.15, -0.1) is 0 Å². The van der Waals surface area contributed by atoms with Gasteiger partial charge in [-0.1, -0.05) is 44.1 Å². The Labute approximate surface area is 339 Å². The van der Waals surface area contributed by atoms with Crippen molar-refractivity contribution in [3.8, 4) is 11.5 Å². The van der Waals surface area contributed by atoms with Crippen LogP contribution in [0.25, 0.3) is 11.5 Å². The molecule has 16 nitrogen and oxygen atoms in total. The average molecular weight is 821 g/mol. The first-order valence-electron chi connectivity index (χ1n) is 20.0. The van der Waals surface area contributed by atoms with E-state index in [0.717, 1.165) is 6.92 Å². The number of hydrogen-bond donors (Lipinski definition) is 3. The standard InChI is InChI=1S/C41H61FN4O12/c1-11-31-41(8,51)36-24(4)32(47)22(2)17-39(6,53-21-27(20-52-36)45-54-19-26-12-13-28(43-18-26)30-14-15-44-58-30)35(25(5)34(49)40(7,42)38(50)56-31)57-37-33(48)29(46(9)10)16-23(3)55-37/h12-15,18,22-25,29,31-33,35-37,47-48,51H,11,16-17,19-21H2,1-10H3/b45-27+/t22-,23-,24+,25+,29+,31-,32+,33-,35-,36?,37-,39-,40+,41-/m1/s1. The molecule has 5 heterocycles. The average Bonchev–Trinajstić information content (AvgIpc) is 3.72. The fraction of sp³-hybridized carbons (Fsp3) is 0.732. The van der Waals surface area contributed by atoms with E-state index in [9.17, 15) is 24.9 Å². The zero-order valence-electron chi connectivity index (χ0n) is 35.2. The van der Waals surface area contributed by atoms with E-state index in [1.807, 2.05) is 25.9 Å². The fourth-order valence-corrected chi connectivity index (χ4v) is 8.59. The Hall–Kier alpha value is -3.42. The molecule has 0 spiro atoms. The van der Waals surface area contributed by atoms with Crippen LogP contribution in [0.15, 0.2) is 40.3 Å². The summed E-state index contributed by atoms with van der Waals surface area (Å²) in [4.78, 5) is 40.1. The molecule has 2 bridgehead atoms. The minimum Gasteiger partial charge on any atom is -0.457 e. The van der Waals surface area contributed by atoms with Crippen molar-refractivity contribution in [1.82, 2.24) is 15.0 Å². The number of aliphatic hydroxyl groups excluding tert-OH is 2. The molecule has 5 rings (SSSR count). The van der Waals surface area contributed by atoms with Crippen LogP contribution < -0.4 is 0 Å². The molecular weight excluding hydrogens is 759 g/mol. The molecule has 2 aromatic rings. The molecule has 3 saturated heterocycles. The number of rotatable bonds is 8. The lowest BCUT2D eigenvalue weighted by Gasteiger charge is -2.48. The number of hydrogen-bond acceptors (Lipinski definition) is 16. The Morgan fingerprint density at radius 1 is 1.05 bits per heavy atom. The van der Waals surface area contributed by atoms with Crippen molar-refractivity contribution < 1.29 is 62.3 Å². The van der Waals surface area contributed by atoms with Gasteiger partial charge < -0.3 is 53.3 Å². The Morgan fingerprint density at radius 3 is 2.40 bits per heavy atom. The summed E-state index contributed by atoms with van der Waals surface area (Å²) in [7, 11) is 3.64. The van der Waals surface area contributed by atoms with Gasteiger partial charge in [0.1, 0.15) is 35.8 Å². The van der Waals surface area contributed by atoms with Crippen molar-refractivity contribution in [2.24, 2.45) is 22.9 Å². The summed E-state index contributed by atoms with van der Waals surface area (Å²) >= 11 is 0. The van der Waals surface area contributed by atoms with Crippen molar-refractivity contribution in [1.29, 1.82) is 0 Å². The van der Waals surface area contributed by atoms with Crippen molar-refractivity contribution in [3.05, 3.63) is 36.2 Å². The van der Waals surface area contributed by atoms with Gasteiger partial charge in [0.05, 0.1) is 49.4 Å². The number of halogens is 1. The summed E-state index contributed by atoms with van der Waals surface area (Å²) in [5.74, 6) is -5.00. The number of Topliss-reactive ketones (excluding diaryl/α,β-unsaturated/α-hetero) is 1. The number of ether oxygens (including phenoxy) is 5. The Kier molecular flexibility index (Phi) is 14.5. The third-order valence-electron chi connectivity index (χ3n) is 12.0. The molecule has 2 aromatic heterocycles. The zero-order chi connectivity index (χ0) is 42.7. The smallest absolute Gasteiger partial charge is 0.351 e. The van der Waals surface area contributed by atoms with Crippen LogP contribution in [-0.4, -0.2) is 141 Å². The van der Waals surface area contributed by atoms with Crippen molar-refractivity contribution >= 4 is 17.5 Å². The second-order valence-corrected chi connectivity index (χ2v) is 17.0. The summed E-state index contributed by atoms with van der Waals surface area (Å²) in [5, 5.41) is 43.8. The van der Waals surface area contributed by atoms with Crippen molar-refractivity contribution in [3.63, 3.8) is 0 Å². The van der Waals surface area contributed by atoms with E-state index < -0.39 is 83.2 Å². The number of ketones is 1. The van der Waals surface area contributed by atoms with Gasteiger partial charge in [-0.25, -0.2) is 9.18 Å². The van der Waals surface area contributed by atoms with Gasteiger partial charge in [-0.2, -0.15) is 0 Å². The van der Waals surface area contributed by atoms with Crippen LogP contribution >= 0.6 is 0 Å². The second-order valence-electron chi connectivity index (χ2n) is 17.0. The van der Waals surface area contributed by atoms with Gasteiger partial charge in [-0.3, -0.25) is 9.78 Å². The van der Waals surface area contributed by atoms with Gasteiger partial charge in [0.25, 0.3) is 5.67 Å². The number of oxime groups is 1. The monoisotopic (exact) mass is 820 g/mol. The van der Waals surface area contributed by atoms with Crippen LogP contribution in [0.4, 0.5) is 4.39 Å². The van der Waals surface area contributed by atoms with E-state index >= 15 is 4.39 Å². The number of likely N-dealkylation sites (N-methyl/N-ethyl adjacent to an activating group) is 1. The lowest BCUT2D eigenvalue weighted by molar-refractivity contribution is -0.297. The molecule has 58 heavy (non-hydrogen) atoms. The molecule has 0 aromatic carbocycles. The highest BCUT2D eigenvalue weighted by Gasteiger charge is 2.57. The molecule has 0 saturated carbocycles. The Morgan fingerprint density at radius 2 is 1.78 bits per heavy atom. The van der Waals surface area contributed by atoms with Crippen molar-refractivity contribution in [2.45, 2.75) is 147 Å². The third kappa shape index (κ3) is 9.78. The SMILES string of the molecule is CC[C@H]1OC(=O)[C@@](C)(F)C(=O)[C@H](C)[C@@H](O[C@H]2O[C@H](C)C[C@H](N(C)C)[C@H]2O)[C@@]2(C)C[C@@H](C)[C@H](O)[C@H](C)C(OC/C(=N\OCc3ccc(-c4ccno4)nc3)CO2)[C@]1(C)O. The van der Waals surface area contributed by atoms with Crippen LogP contribution in [0, 0.1) is 17.8 Å². The number of cyclic esters (lactones) is 1. The maximum absolute atomic E-state index is 16.8. The molecular formula is C41H61FN4O12. The molecule has 3 N–H and O–H groups in total. The van der Waals surface area contributed by atoms with Gasteiger partial charge in [0, 0.05) is 35.7 Å². The summed E-state index contributed by atoms with van der Waals surface area (Å²) in [6.07, 6.45) is -4.30. The minimum atomic E-state index is -3.20. The number of aromatic nitrogens is 2. The van der Waals surface area contributed by atoms with Crippen molar-refractivity contribution in [2.75, 3.05) is 27.3 Å². The normalized spacial score (nSPS) is 40.4. The molecule has 1 unspecified atom stereocenters. The number of carbonyl (C=O) groups is 2. The summed E-state index contributed by atoms with van der Waals surface area (Å²) < 4.78 is 53.4. The largest absolute Gasteiger partial charge is 0.457 e. The summed E-state index contributed by atoms with van der Waals surface area (Å²) in [6.45, 7) is 11.7. The Balaban J connectivity index is 1.59. The predicted octanol–water partition coefficient (Wildman–Crippen LogP) is 3.64. The highest BCUT2D eigenvalue weighted by atomic mass is 19.1. The molecule has 14 atom stereocenters. The van der Waals surface area contributed by atoms with Crippen LogP contribution in [-0.2, 0) is 44.7 Å². The molecule has 17 heteroatoms. The van der Waals surface area contributed by atoms with Crippen LogP contribution in [0.3, 0.4) is 0 Å². The molecule has 324 valence electrons. The summed E-state index contributed by atoms with van der Waals surface area (Å²) in [6, 6.07) is 4.84. The number of pyridine rings is 1. The van der Waals surface area contributed by atoms with Crippen LogP contribution in [0.2, 0.25) is 0 Å². The van der Waals surface area contributed by atoms with Crippen LogP contribution in [0.5, 0.6) is 0 Å². The number of aliphatic hydroxyl groups is 3. The zero-order valence-corrected chi connectivity index (χ0v) is 35.2. The second kappa shape index (κ2) is 18.5. The molecule has 3 fully saturated rings. The third-order valence-corrected chi connectivity index (χ3v) is 12.0. The lowest BCUT2D eigenvalue weighted by atomic mass is 9.73. The summed E-state index contributed by atoms with van der Waals surface area (Å²) in [5.41, 5.74) is -5.27. The van der Waals surface area contributed by atoms with E-state index in [2.05, 4.69) is 15.3 Å². The fourth-order valence-electron chi connectivity index (χ4n) is 8.59. The Bertz CT molecular complexity index is 1710. The first kappa shape index (κ1) is 45.7. The topological polar surface area (TPSA) is 205 Å². The number of fused-ring (bicyclic) bond motifs is 5. The number of alkyl halides is 1. The highest BCUT2D eigenvalue weighted by molar-refractivity contribution is 6.07. The number of esters is 1. The molecule has 0 aliphatic carbocycles. The predicted molar refractivity (Wildman–Crippen MR) is 207 cm³/mol. The molecule has 3 aliphatic heterocycles. The van der Waals surface area contributed by atoms with Crippen LogP contribution in [0.1, 0.15) is 80.2 Å². The number of carbonyl (C=O) groups excluding carboxylic acids is 2. The van der Waals surface area contributed by atoms with Gasteiger partial charge in [-0.05, 0) is 73.0 Å². The maximum Gasteiger partial charge on any atom is 0.351 e. The van der Waals surface area contributed by atoms with E-state index in [0.29, 0.717) is 23.4 Å². The molecule has 0 amide bonds. The molecule has 0 radical (unpaired) electrons. The van der Waals surface area contributed by atoms with Gasteiger partial charge in [0.2, 0.25) is 0 Å². The lowest BCUT2D eigenvalue weighted by Crippen LogP contribution is -2.62. The highest BCUT2D eigenvalue weighted by Crippen LogP contribution is 2.41. The van der Waals surface area contributed by atoms with E-state index in [-0.39, 0.29) is 50.5 Å². The van der Waals surface area contributed by atoms with Gasteiger partial charge in [0.15, 0.2) is 17.8 Å². The van der Waals surface area contributed by atoms with E-state index in [1.54, 1.807) is 52.1 Å². The van der Waals surface area contributed by atoms with Gasteiger partial charge >= 0.3 is 5.97 Å². The van der Waals surface area contributed by atoms with E-state index in [1.165, 1.54) is 20.0 Å². The minimum absolute atomic E-state index is 0.0000949. The first-order chi connectivity index (χ1) is 27.2. The molecule has 3 aliphatic rings. The number of nitrogens with zero attached hydrogens (tertiary/aromatic N) is 4.